The van der Waals surface area contributed by atoms with E-state index in [0.717, 1.165) is 33.4 Å². The highest BCUT2D eigenvalue weighted by molar-refractivity contribution is 7.39. The van der Waals surface area contributed by atoms with Gasteiger partial charge in [0.15, 0.2) is 0 Å². The second kappa shape index (κ2) is 7.14. The van der Waals surface area contributed by atoms with E-state index in [2.05, 4.69) is 12.1 Å². The Morgan fingerprint density at radius 2 is 1.29 bits per heavy atom. The van der Waals surface area contributed by atoms with Crippen LogP contribution in [-0.4, -0.2) is 9.79 Å². The topological polar surface area (TPSA) is 49.7 Å². The van der Waals surface area contributed by atoms with E-state index in [0.29, 0.717) is 5.75 Å². The standard InChI is InChI=1S/C20H19O3P/c1-14-15(2)20(17-11-7-4-8-12-17)18(13-19(14)23-24(21)22)16-9-5-3-6-10-16/h3-13,21-22H,1-2H3. The molecule has 3 rings (SSSR count). The van der Waals surface area contributed by atoms with Crippen molar-refractivity contribution in [1.29, 1.82) is 0 Å². The van der Waals surface area contributed by atoms with Crippen LogP contribution in [0.15, 0.2) is 66.7 Å². The van der Waals surface area contributed by atoms with E-state index < -0.39 is 8.60 Å². The summed E-state index contributed by atoms with van der Waals surface area (Å²) in [5, 5.41) is 0. The van der Waals surface area contributed by atoms with Gasteiger partial charge in [0.25, 0.3) is 0 Å². The van der Waals surface area contributed by atoms with Gasteiger partial charge in [-0.2, -0.15) is 0 Å². The SMILES string of the molecule is Cc1c(OP(O)O)cc(-c2ccccc2)c(-c2ccccc2)c1C. The van der Waals surface area contributed by atoms with Gasteiger partial charge in [0, 0.05) is 0 Å². The zero-order chi connectivity index (χ0) is 17.1. The summed E-state index contributed by atoms with van der Waals surface area (Å²) in [5.41, 5.74) is 6.30. The second-order valence-electron chi connectivity index (χ2n) is 5.62. The van der Waals surface area contributed by atoms with Crippen LogP contribution >= 0.6 is 8.60 Å². The fourth-order valence-corrected chi connectivity index (χ4v) is 3.26. The summed E-state index contributed by atoms with van der Waals surface area (Å²) >= 11 is 0. The molecule has 3 aromatic carbocycles. The smallest absolute Gasteiger partial charge is 0.391 e. The predicted molar refractivity (Wildman–Crippen MR) is 98.8 cm³/mol. The highest BCUT2D eigenvalue weighted by Crippen LogP contribution is 2.43. The Morgan fingerprint density at radius 1 is 0.750 bits per heavy atom. The zero-order valence-electron chi connectivity index (χ0n) is 13.6. The molecule has 0 saturated carbocycles. The average Bonchev–Trinajstić information content (AvgIpc) is 2.60. The molecule has 0 radical (unpaired) electrons. The molecular formula is C20H19O3P. The molecule has 2 N–H and O–H groups in total. The largest absolute Gasteiger partial charge is 0.427 e. The summed E-state index contributed by atoms with van der Waals surface area (Å²) in [4.78, 5) is 18.5. The summed E-state index contributed by atoms with van der Waals surface area (Å²) in [7, 11) is -2.45. The maximum atomic E-state index is 9.27. The molecule has 0 aliphatic carbocycles. The predicted octanol–water partition coefficient (Wildman–Crippen LogP) is 5.23. The molecule has 24 heavy (non-hydrogen) atoms. The summed E-state index contributed by atoms with van der Waals surface area (Å²) in [6, 6.07) is 22.1. The van der Waals surface area contributed by atoms with E-state index in [1.165, 1.54) is 0 Å². The third-order valence-electron chi connectivity index (χ3n) is 4.18. The van der Waals surface area contributed by atoms with Gasteiger partial charge in [-0.3, -0.25) is 0 Å². The Kier molecular flexibility index (Phi) is 4.96. The van der Waals surface area contributed by atoms with Crippen molar-refractivity contribution in [3.05, 3.63) is 77.9 Å². The third kappa shape index (κ3) is 3.34. The van der Waals surface area contributed by atoms with Crippen molar-refractivity contribution in [3.63, 3.8) is 0 Å². The lowest BCUT2D eigenvalue weighted by Gasteiger charge is -2.19. The Hall–Kier alpha value is -2.19. The van der Waals surface area contributed by atoms with E-state index in [1.807, 2.05) is 68.4 Å². The van der Waals surface area contributed by atoms with E-state index in [-0.39, 0.29) is 0 Å². The molecule has 3 nitrogen and oxygen atoms in total. The highest BCUT2D eigenvalue weighted by atomic mass is 31.2. The van der Waals surface area contributed by atoms with Crippen molar-refractivity contribution in [2.24, 2.45) is 0 Å². The molecule has 0 unspecified atom stereocenters. The molecule has 3 aromatic rings. The molecule has 0 aliphatic heterocycles. The number of benzene rings is 3. The molecule has 0 heterocycles. The molecule has 0 amide bonds. The lowest BCUT2D eigenvalue weighted by atomic mass is 9.88. The number of hydrogen-bond donors (Lipinski definition) is 2. The van der Waals surface area contributed by atoms with Gasteiger partial charge in [-0.15, -0.1) is 0 Å². The van der Waals surface area contributed by atoms with Crippen LogP contribution in [0.1, 0.15) is 11.1 Å². The van der Waals surface area contributed by atoms with Crippen molar-refractivity contribution >= 4 is 8.60 Å². The van der Waals surface area contributed by atoms with Crippen LogP contribution in [0.4, 0.5) is 0 Å². The van der Waals surface area contributed by atoms with Crippen LogP contribution in [0, 0.1) is 13.8 Å². The fraction of sp³-hybridized carbons (Fsp3) is 0.100. The third-order valence-corrected chi connectivity index (χ3v) is 4.54. The van der Waals surface area contributed by atoms with Crippen LogP contribution in [-0.2, 0) is 0 Å². The molecule has 0 saturated heterocycles. The minimum Gasteiger partial charge on any atom is -0.427 e. The second-order valence-corrected chi connectivity index (χ2v) is 6.31. The average molecular weight is 338 g/mol. The quantitative estimate of drug-likeness (QED) is 0.641. The van der Waals surface area contributed by atoms with E-state index in [9.17, 15) is 9.79 Å². The first-order valence-electron chi connectivity index (χ1n) is 7.69. The van der Waals surface area contributed by atoms with Gasteiger partial charge in [0.05, 0.1) is 0 Å². The Morgan fingerprint density at radius 3 is 1.83 bits per heavy atom. The Balaban J connectivity index is 2.29. The molecule has 0 aromatic heterocycles. The van der Waals surface area contributed by atoms with Gasteiger partial charge in [0.2, 0.25) is 0 Å². The lowest BCUT2D eigenvalue weighted by Crippen LogP contribution is -1.97. The molecule has 122 valence electrons. The van der Waals surface area contributed by atoms with Crippen molar-refractivity contribution in [2.45, 2.75) is 13.8 Å². The summed E-state index contributed by atoms with van der Waals surface area (Å²) in [6.45, 7) is 3.97. The summed E-state index contributed by atoms with van der Waals surface area (Å²) in [5.74, 6) is 0.502. The first-order valence-corrected chi connectivity index (χ1v) is 8.85. The Labute approximate surface area is 143 Å². The minimum absolute atomic E-state index is 0.502. The first kappa shape index (κ1) is 16.7. The maximum absolute atomic E-state index is 9.27. The molecule has 4 heteroatoms. The van der Waals surface area contributed by atoms with Gasteiger partial charge >= 0.3 is 8.60 Å². The zero-order valence-corrected chi connectivity index (χ0v) is 14.5. The molecule has 0 fully saturated rings. The van der Waals surface area contributed by atoms with Crippen LogP contribution in [0.2, 0.25) is 0 Å². The Bertz CT molecular complexity index is 831. The maximum Gasteiger partial charge on any atom is 0.391 e. The van der Waals surface area contributed by atoms with Crippen molar-refractivity contribution in [1.82, 2.24) is 0 Å². The van der Waals surface area contributed by atoms with Gasteiger partial charge < -0.3 is 14.3 Å². The lowest BCUT2D eigenvalue weighted by molar-refractivity contribution is 0.374. The number of rotatable bonds is 4. The van der Waals surface area contributed by atoms with Gasteiger partial charge in [0.1, 0.15) is 5.75 Å². The normalized spacial score (nSPS) is 10.9. The summed E-state index contributed by atoms with van der Waals surface area (Å²) < 4.78 is 5.25. The van der Waals surface area contributed by atoms with E-state index in [1.54, 1.807) is 0 Å². The van der Waals surface area contributed by atoms with Crippen LogP contribution in [0.25, 0.3) is 22.3 Å². The van der Waals surface area contributed by atoms with Crippen LogP contribution in [0.3, 0.4) is 0 Å². The van der Waals surface area contributed by atoms with E-state index in [4.69, 9.17) is 4.52 Å². The van der Waals surface area contributed by atoms with E-state index >= 15 is 0 Å². The highest BCUT2D eigenvalue weighted by Gasteiger charge is 2.18. The number of hydrogen-bond acceptors (Lipinski definition) is 3. The van der Waals surface area contributed by atoms with Gasteiger partial charge in [-0.1, -0.05) is 60.7 Å². The molecule has 0 bridgehead atoms. The minimum atomic E-state index is -2.45. The first-order chi connectivity index (χ1) is 11.6. The molecule has 0 aliphatic rings. The monoisotopic (exact) mass is 338 g/mol. The van der Waals surface area contributed by atoms with Crippen molar-refractivity contribution in [2.75, 3.05) is 0 Å². The molecule has 0 atom stereocenters. The fourth-order valence-electron chi connectivity index (χ4n) is 2.89. The molecular weight excluding hydrogens is 319 g/mol. The van der Waals surface area contributed by atoms with Crippen LogP contribution < -0.4 is 4.52 Å². The van der Waals surface area contributed by atoms with Crippen LogP contribution in [0.5, 0.6) is 5.75 Å². The summed E-state index contributed by atoms with van der Waals surface area (Å²) in [6.07, 6.45) is 0. The van der Waals surface area contributed by atoms with Crippen molar-refractivity contribution in [3.8, 4) is 28.0 Å². The van der Waals surface area contributed by atoms with Crippen molar-refractivity contribution < 1.29 is 14.3 Å². The van der Waals surface area contributed by atoms with Gasteiger partial charge in [-0.05, 0) is 53.3 Å². The molecule has 0 spiro atoms. The van der Waals surface area contributed by atoms with Gasteiger partial charge in [-0.25, -0.2) is 0 Å².